The number of hydrogen-bond donors (Lipinski definition) is 1. The van der Waals surface area contributed by atoms with E-state index in [-0.39, 0.29) is 12.1 Å². The van der Waals surface area contributed by atoms with Gasteiger partial charge in [0, 0.05) is 18.0 Å². The predicted molar refractivity (Wildman–Crippen MR) is 55.8 cm³/mol. The van der Waals surface area contributed by atoms with Crippen LogP contribution in [0, 0.1) is 5.92 Å². The van der Waals surface area contributed by atoms with Gasteiger partial charge in [-0.25, -0.2) is 0 Å². The summed E-state index contributed by atoms with van der Waals surface area (Å²) in [6.45, 7) is 4.24. The Kier molecular flexibility index (Phi) is 4.15. The summed E-state index contributed by atoms with van der Waals surface area (Å²) >= 11 is 0. The van der Waals surface area contributed by atoms with E-state index >= 15 is 0 Å². The average molecular weight is 214 g/mol. The van der Waals surface area contributed by atoms with Gasteiger partial charge in [-0.1, -0.05) is 13.8 Å². The topological polar surface area (TPSA) is 24.9 Å². The zero-order valence-corrected chi connectivity index (χ0v) is 9.00. The lowest BCUT2D eigenvalue weighted by Crippen LogP contribution is -2.32. The average Bonchev–Trinajstić information content (AvgIpc) is 2.18. The number of nitrogens with one attached hydrogen (secondary N) is 1. The third-order valence-corrected chi connectivity index (χ3v) is 2.00. The number of halogens is 2. The molecule has 0 saturated heterocycles. The lowest BCUT2D eigenvalue weighted by atomic mass is 10.1. The van der Waals surface area contributed by atoms with Gasteiger partial charge in [0.05, 0.1) is 6.54 Å². The fourth-order valence-corrected chi connectivity index (χ4v) is 1.22. The minimum atomic E-state index is -2.82. The highest BCUT2D eigenvalue weighted by molar-refractivity contribution is 5.16. The zero-order valence-electron chi connectivity index (χ0n) is 9.00. The molecular formula is C11H16F2N2. The summed E-state index contributed by atoms with van der Waals surface area (Å²) in [6.07, 6.45) is 2.76. The highest BCUT2D eigenvalue weighted by Crippen LogP contribution is 2.26. The largest absolute Gasteiger partial charge is 0.311 e. The molecule has 0 bridgehead atoms. The molecule has 4 heteroatoms. The number of hydrogen-bond acceptors (Lipinski definition) is 2. The SMILES string of the molecule is CC(C)CNCC(F)(F)c1ccncc1. The van der Waals surface area contributed by atoms with E-state index < -0.39 is 5.92 Å². The quantitative estimate of drug-likeness (QED) is 0.814. The van der Waals surface area contributed by atoms with E-state index in [9.17, 15) is 8.78 Å². The molecule has 84 valence electrons. The van der Waals surface area contributed by atoms with Crippen molar-refractivity contribution in [1.29, 1.82) is 0 Å². The van der Waals surface area contributed by atoms with Crippen molar-refractivity contribution in [3.8, 4) is 0 Å². The summed E-state index contributed by atoms with van der Waals surface area (Å²) in [5.74, 6) is -2.45. The molecule has 1 heterocycles. The molecule has 0 amide bonds. The van der Waals surface area contributed by atoms with Crippen LogP contribution in [0.1, 0.15) is 19.4 Å². The second-order valence-corrected chi connectivity index (χ2v) is 3.97. The van der Waals surface area contributed by atoms with Crippen molar-refractivity contribution in [3.63, 3.8) is 0 Å². The molecule has 1 rings (SSSR count). The molecule has 0 fully saturated rings. The van der Waals surface area contributed by atoms with Crippen molar-refractivity contribution in [1.82, 2.24) is 10.3 Å². The molecule has 0 saturated carbocycles. The molecule has 0 radical (unpaired) electrons. The van der Waals surface area contributed by atoms with Crippen molar-refractivity contribution in [2.24, 2.45) is 5.92 Å². The van der Waals surface area contributed by atoms with Crippen LogP contribution in [0.5, 0.6) is 0 Å². The normalized spacial score (nSPS) is 12.1. The van der Waals surface area contributed by atoms with Crippen LogP contribution in [-0.2, 0) is 5.92 Å². The molecule has 0 atom stereocenters. The van der Waals surface area contributed by atoms with E-state index in [0.29, 0.717) is 12.5 Å². The summed E-state index contributed by atoms with van der Waals surface area (Å²) in [5, 5.41) is 2.75. The van der Waals surface area contributed by atoms with Gasteiger partial charge >= 0.3 is 0 Å². The number of alkyl halides is 2. The monoisotopic (exact) mass is 214 g/mol. The van der Waals surface area contributed by atoms with Crippen molar-refractivity contribution >= 4 is 0 Å². The molecule has 0 unspecified atom stereocenters. The van der Waals surface area contributed by atoms with Gasteiger partial charge in [-0.05, 0) is 24.6 Å². The Hall–Kier alpha value is -1.03. The summed E-state index contributed by atoms with van der Waals surface area (Å²) in [7, 11) is 0. The van der Waals surface area contributed by atoms with Gasteiger partial charge < -0.3 is 5.32 Å². The Labute approximate surface area is 88.7 Å². The molecule has 1 N–H and O–H groups in total. The van der Waals surface area contributed by atoms with E-state index in [1.165, 1.54) is 24.5 Å². The van der Waals surface area contributed by atoms with Crippen LogP contribution < -0.4 is 5.32 Å². The fraction of sp³-hybridized carbons (Fsp3) is 0.545. The highest BCUT2D eigenvalue weighted by atomic mass is 19.3. The minimum absolute atomic E-state index is 0.00811. The summed E-state index contributed by atoms with van der Waals surface area (Å²) in [4.78, 5) is 3.71. The molecule has 1 aromatic heterocycles. The second-order valence-electron chi connectivity index (χ2n) is 3.97. The molecule has 2 nitrogen and oxygen atoms in total. The third-order valence-electron chi connectivity index (χ3n) is 2.00. The van der Waals surface area contributed by atoms with Crippen molar-refractivity contribution < 1.29 is 8.78 Å². The van der Waals surface area contributed by atoms with Crippen molar-refractivity contribution in [2.75, 3.05) is 13.1 Å². The van der Waals surface area contributed by atoms with E-state index in [4.69, 9.17) is 0 Å². The van der Waals surface area contributed by atoms with Crippen molar-refractivity contribution in [2.45, 2.75) is 19.8 Å². The van der Waals surface area contributed by atoms with Gasteiger partial charge in [-0.15, -0.1) is 0 Å². The van der Waals surface area contributed by atoms with Gasteiger partial charge in [0.25, 0.3) is 5.92 Å². The van der Waals surface area contributed by atoms with E-state index in [1.54, 1.807) is 0 Å². The van der Waals surface area contributed by atoms with Gasteiger partial charge in [0.15, 0.2) is 0 Å². The van der Waals surface area contributed by atoms with Gasteiger partial charge in [0.1, 0.15) is 0 Å². The smallest absolute Gasteiger partial charge is 0.285 e. The first-order chi connectivity index (χ1) is 7.02. The lowest BCUT2D eigenvalue weighted by molar-refractivity contribution is -0.00361. The van der Waals surface area contributed by atoms with Crippen LogP contribution in [0.25, 0.3) is 0 Å². The third kappa shape index (κ3) is 3.91. The first kappa shape index (κ1) is 12.0. The standard InChI is InChI=1S/C11H16F2N2/c1-9(2)7-15-8-11(12,13)10-3-5-14-6-4-10/h3-6,9,15H,7-8H2,1-2H3. The van der Waals surface area contributed by atoms with Crippen LogP contribution in [0.3, 0.4) is 0 Å². The van der Waals surface area contributed by atoms with Crippen LogP contribution >= 0.6 is 0 Å². The fourth-order valence-electron chi connectivity index (χ4n) is 1.22. The molecule has 15 heavy (non-hydrogen) atoms. The van der Waals surface area contributed by atoms with E-state index in [1.807, 2.05) is 13.8 Å². The van der Waals surface area contributed by atoms with Crippen LogP contribution in [0.15, 0.2) is 24.5 Å². The van der Waals surface area contributed by atoms with Crippen LogP contribution in [0.4, 0.5) is 8.78 Å². The van der Waals surface area contributed by atoms with Gasteiger partial charge in [-0.2, -0.15) is 8.78 Å². The Morgan fingerprint density at radius 3 is 2.47 bits per heavy atom. The van der Waals surface area contributed by atoms with Crippen LogP contribution in [-0.4, -0.2) is 18.1 Å². The summed E-state index contributed by atoms with van der Waals surface area (Å²) in [5.41, 5.74) is 0.00811. The predicted octanol–water partition coefficient (Wildman–Crippen LogP) is 2.42. The maximum Gasteiger partial charge on any atom is 0.285 e. The van der Waals surface area contributed by atoms with E-state index in [0.717, 1.165) is 0 Å². The number of rotatable bonds is 5. The Morgan fingerprint density at radius 1 is 1.33 bits per heavy atom. The molecule has 1 aromatic rings. The molecule has 0 aliphatic carbocycles. The number of aromatic nitrogens is 1. The minimum Gasteiger partial charge on any atom is -0.311 e. The summed E-state index contributed by atoms with van der Waals surface area (Å²) in [6, 6.07) is 2.69. The maximum absolute atomic E-state index is 13.5. The molecular weight excluding hydrogens is 198 g/mol. The molecule has 0 aromatic carbocycles. The van der Waals surface area contributed by atoms with Gasteiger partial charge in [-0.3, -0.25) is 4.98 Å². The summed E-state index contributed by atoms with van der Waals surface area (Å²) < 4.78 is 27.0. The number of nitrogens with zero attached hydrogens (tertiary/aromatic N) is 1. The van der Waals surface area contributed by atoms with Gasteiger partial charge in [0.2, 0.25) is 0 Å². The first-order valence-electron chi connectivity index (χ1n) is 5.01. The number of pyridine rings is 1. The Balaban J connectivity index is 2.52. The Bertz CT molecular complexity index is 286. The van der Waals surface area contributed by atoms with Crippen molar-refractivity contribution in [3.05, 3.63) is 30.1 Å². The second kappa shape index (κ2) is 5.16. The highest BCUT2D eigenvalue weighted by Gasteiger charge is 2.30. The lowest BCUT2D eigenvalue weighted by Gasteiger charge is -2.17. The first-order valence-corrected chi connectivity index (χ1v) is 5.01. The van der Waals surface area contributed by atoms with Crippen LogP contribution in [0.2, 0.25) is 0 Å². The molecule has 0 spiro atoms. The zero-order chi connectivity index (χ0) is 11.3. The molecule has 0 aliphatic heterocycles. The Morgan fingerprint density at radius 2 is 1.93 bits per heavy atom. The molecule has 0 aliphatic rings. The van der Waals surface area contributed by atoms with E-state index in [2.05, 4.69) is 10.3 Å². The maximum atomic E-state index is 13.5.